The van der Waals surface area contributed by atoms with Crippen LogP contribution in [-0.4, -0.2) is 120 Å². The van der Waals surface area contributed by atoms with Crippen molar-refractivity contribution in [3.8, 4) is 35.0 Å². The highest BCUT2D eigenvalue weighted by Gasteiger charge is 2.49. The predicted molar refractivity (Wildman–Crippen MR) is 193 cm³/mol. The molecule has 4 atom stereocenters. The molecule has 2 bridgehead atoms. The van der Waals surface area contributed by atoms with Crippen LogP contribution in [0.5, 0.6) is 22.7 Å². The number of rotatable bonds is 12. The standard InChI is InChI=1S/C36H38ClFN6O7S/c1-3-26-27(37)8-5-21-13-25(50-20-48-12-11-47-2)14-28(29(21)26)51-34-39-30-31(42-17-23-6-7-24(18-42)44(23)35(45)46)40-33(41-32(30)52-34)49-19-36-9-4-10-43(36)16-22(38)15-36/h1,5,8,13-14,22-24H,4,6-7,9-12,15-20H2,2H3,(H,45,46)/t22-,23?,24?,36+/m1/s1. The monoisotopic (exact) mass is 752 g/mol. The lowest BCUT2D eigenvalue weighted by atomic mass is 9.95. The molecule has 1 N–H and O–H groups in total. The SMILES string of the molecule is C#Cc1c(Cl)ccc2cc(OCOCCOC)cc(Oc3nc4c(N5CC6CCC(C5)N6C(=O)O)nc(OC[C@@]56CCCN5C[C@H](F)C6)nc4s3)c12. The van der Waals surface area contributed by atoms with Crippen LogP contribution in [0.1, 0.15) is 37.7 Å². The second-order valence-corrected chi connectivity index (χ2v) is 15.0. The highest BCUT2D eigenvalue weighted by molar-refractivity contribution is 7.19. The second-order valence-electron chi connectivity index (χ2n) is 13.7. The van der Waals surface area contributed by atoms with Gasteiger partial charge in [0, 0.05) is 44.6 Å². The molecule has 8 rings (SSSR count). The predicted octanol–water partition coefficient (Wildman–Crippen LogP) is 5.95. The van der Waals surface area contributed by atoms with Gasteiger partial charge in [-0.25, -0.2) is 9.18 Å². The van der Waals surface area contributed by atoms with Crippen molar-refractivity contribution < 1.29 is 38.0 Å². The second kappa shape index (κ2) is 14.3. The molecule has 4 fully saturated rings. The summed E-state index contributed by atoms with van der Waals surface area (Å²) in [5.74, 6) is 4.08. The molecule has 6 heterocycles. The summed E-state index contributed by atoms with van der Waals surface area (Å²) >= 11 is 7.75. The molecule has 16 heteroatoms. The molecule has 0 radical (unpaired) electrons. The van der Waals surface area contributed by atoms with Gasteiger partial charge >= 0.3 is 12.1 Å². The molecule has 4 aliphatic heterocycles. The van der Waals surface area contributed by atoms with E-state index in [1.165, 1.54) is 11.3 Å². The lowest BCUT2D eigenvalue weighted by Crippen LogP contribution is -2.55. The number of piperazine rings is 1. The Morgan fingerprint density at radius 2 is 1.98 bits per heavy atom. The van der Waals surface area contributed by atoms with Crippen molar-refractivity contribution in [3.05, 3.63) is 34.9 Å². The number of ether oxygens (including phenoxy) is 5. The van der Waals surface area contributed by atoms with Crippen LogP contribution in [0.4, 0.5) is 15.0 Å². The van der Waals surface area contributed by atoms with Gasteiger partial charge in [0.2, 0.25) is 0 Å². The molecule has 13 nitrogen and oxygen atoms in total. The van der Waals surface area contributed by atoms with Crippen molar-refractivity contribution in [1.82, 2.24) is 24.8 Å². The van der Waals surface area contributed by atoms with E-state index in [1.807, 2.05) is 12.1 Å². The Morgan fingerprint density at radius 3 is 2.75 bits per heavy atom. The van der Waals surface area contributed by atoms with Crippen molar-refractivity contribution in [3.63, 3.8) is 0 Å². The number of carboxylic acid groups (broad SMARTS) is 1. The fourth-order valence-electron chi connectivity index (χ4n) is 8.22. The Hall–Kier alpha value is -4.20. The molecule has 1 amide bonds. The zero-order chi connectivity index (χ0) is 36.0. The largest absolute Gasteiger partial charge is 0.467 e. The van der Waals surface area contributed by atoms with Crippen LogP contribution in [0.3, 0.4) is 0 Å². The number of nitrogens with zero attached hydrogens (tertiary/aromatic N) is 6. The molecule has 274 valence electrons. The Balaban J connectivity index is 1.15. The van der Waals surface area contributed by atoms with E-state index in [0.717, 1.165) is 37.6 Å². The normalized spacial score (nSPS) is 24.1. The van der Waals surface area contributed by atoms with E-state index in [4.69, 9.17) is 56.7 Å². The molecular formula is C36H38ClFN6O7S. The lowest BCUT2D eigenvalue weighted by Gasteiger charge is -2.40. The van der Waals surface area contributed by atoms with E-state index in [9.17, 15) is 14.3 Å². The number of aromatic nitrogens is 3. The van der Waals surface area contributed by atoms with Crippen molar-refractivity contribution in [2.24, 2.45) is 0 Å². The number of thiazole rings is 1. The minimum absolute atomic E-state index is 0.00504. The number of methoxy groups -OCH3 is 1. The van der Waals surface area contributed by atoms with Gasteiger partial charge in [-0.2, -0.15) is 15.0 Å². The zero-order valence-corrected chi connectivity index (χ0v) is 30.1. The van der Waals surface area contributed by atoms with E-state index in [0.29, 0.717) is 82.9 Å². The highest BCUT2D eigenvalue weighted by atomic mass is 35.5. The average molecular weight is 753 g/mol. The van der Waals surface area contributed by atoms with E-state index in [-0.39, 0.29) is 42.2 Å². The van der Waals surface area contributed by atoms with E-state index < -0.39 is 12.3 Å². The zero-order valence-electron chi connectivity index (χ0n) is 28.6. The molecule has 0 spiro atoms. The molecule has 0 saturated carbocycles. The first-order chi connectivity index (χ1) is 25.2. The first-order valence-electron chi connectivity index (χ1n) is 17.3. The summed E-state index contributed by atoms with van der Waals surface area (Å²) in [6, 6.07) is 6.91. The minimum Gasteiger partial charge on any atom is -0.467 e. The maximum absolute atomic E-state index is 14.5. The quantitative estimate of drug-likeness (QED) is 0.104. The van der Waals surface area contributed by atoms with Gasteiger partial charge in [-0.1, -0.05) is 34.9 Å². The average Bonchev–Trinajstić information content (AvgIpc) is 3.86. The van der Waals surface area contributed by atoms with Gasteiger partial charge in [0.15, 0.2) is 17.4 Å². The van der Waals surface area contributed by atoms with Gasteiger partial charge in [0.25, 0.3) is 5.19 Å². The summed E-state index contributed by atoms with van der Waals surface area (Å²) in [5.41, 5.74) is 0.577. The summed E-state index contributed by atoms with van der Waals surface area (Å²) in [5, 5.41) is 11.9. The highest BCUT2D eigenvalue weighted by Crippen LogP contribution is 2.44. The maximum atomic E-state index is 14.5. The van der Waals surface area contributed by atoms with Crippen LogP contribution in [0.2, 0.25) is 5.02 Å². The number of hydrogen-bond donors (Lipinski definition) is 1. The first kappa shape index (κ1) is 34.9. The summed E-state index contributed by atoms with van der Waals surface area (Å²) < 4.78 is 43.8. The summed E-state index contributed by atoms with van der Waals surface area (Å²) in [6.45, 7) is 3.21. The summed E-state index contributed by atoms with van der Waals surface area (Å²) in [6.07, 6.45) is 7.91. The van der Waals surface area contributed by atoms with E-state index in [2.05, 4.69) is 15.7 Å². The molecule has 4 aliphatic rings. The van der Waals surface area contributed by atoms with Crippen LogP contribution in [0.25, 0.3) is 21.1 Å². The number of fused-ring (bicyclic) bond motifs is 5. The Morgan fingerprint density at radius 1 is 1.15 bits per heavy atom. The van der Waals surface area contributed by atoms with Gasteiger partial charge in [0.1, 0.15) is 29.8 Å². The van der Waals surface area contributed by atoms with E-state index in [1.54, 1.807) is 24.1 Å². The minimum atomic E-state index is -0.914. The Labute approximate surface area is 308 Å². The first-order valence-corrected chi connectivity index (χ1v) is 18.5. The van der Waals surface area contributed by atoms with Crippen molar-refractivity contribution in [1.29, 1.82) is 0 Å². The maximum Gasteiger partial charge on any atom is 0.407 e. The van der Waals surface area contributed by atoms with Gasteiger partial charge in [-0.15, -0.1) is 6.42 Å². The molecule has 2 aromatic carbocycles. The fraction of sp³-hybridized carbons (Fsp3) is 0.500. The van der Waals surface area contributed by atoms with E-state index >= 15 is 0 Å². The van der Waals surface area contributed by atoms with Crippen molar-refractivity contribution in [2.75, 3.05) is 64.8 Å². The molecule has 4 saturated heterocycles. The number of alkyl halides is 1. The van der Waals surface area contributed by atoms with Crippen LogP contribution in [0.15, 0.2) is 24.3 Å². The lowest BCUT2D eigenvalue weighted by molar-refractivity contribution is -0.00846. The third-order valence-electron chi connectivity index (χ3n) is 10.5. The number of hydrogen-bond acceptors (Lipinski definition) is 12. The van der Waals surface area contributed by atoms with Crippen LogP contribution in [-0.2, 0) is 9.47 Å². The molecule has 4 aromatic rings. The molecule has 52 heavy (non-hydrogen) atoms. The van der Waals surface area contributed by atoms with Gasteiger partial charge in [-0.05, 0) is 49.7 Å². The molecule has 2 unspecified atom stereocenters. The van der Waals surface area contributed by atoms with Crippen molar-refractivity contribution in [2.45, 2.75) is 55.9 Å². The third kappa shape index (κ3) is 6.51. The summed E-state index contributed by atoms with van der Waals surface area (Å²) in [7, 11) is 1.60. The summed E-state index contributed by atoms with van der Waals surface area (Å²) in [4.78, 5) is 32.9. The third-order valence-corrected chi connectivity index (χ3v) is 11.7. The Bertz CT molecular complexity index is 2030. The van der Waals surface area contributed by atoms with Crippen molar-refractivity contribution >= 4 is 56.0 Å². The van der Waals surface area contributed by atoms with Gasteiger partial charge in [-0.3, -0.25) is 9.80 Å². The smallest absolute Gasteiger partial charge is 0.407 e. The number of halogens is 2. The molecular weight excluding hydrogens is 715 g/mol. The number of terminal acetylenes is 1. The van der Waals surface area contributed by atoms with Crippen LogP contribution >= 0.6 is 22.9 Å². The number of carbonyl (C=O) groups is 1. The fourth-order valence-corrected chi connectivity index (χ4v) is 9.22. The topological polar surface area (TPSA) is 132 Å². The molecule has 2 aromatic heterocycles. The van der Waals surface area contributed by atoms with Gasteiger partial charge < -0.3 is 33.7 Å². The Kier molecular flexibility index (Phi) is 9.60. The molecule has 0 aliphatic carbocycles. The number of amides is 1. The van der Waals surface area contributed by atoms with Crippen LogP contribution in [0, 0.1) is 12.3 Å². The van der Waals surface area contributed by atoms with Crippen LogP contribution < -0.4 is 19.1 Å². The van der Waals surface area contributed by atoms with Gasteiger partial charge in [0.05, 0.1) is 41.4 Å². The number of benzene rings is 2. The number of anilines is 1.